The Morgan fingerprint density at radius 2 is 1.78 bits per heavy atom. The second-order valence-corrected chi connectivity index (χ2v) is 7.96. The topological polar surface area (TPSA) is 86.8 Å². The summed E-state index contributed by atoms with van der Waals surface area (Å²) in [4.78, 5) is 24.3. The Kier molecular flexibility index (Phi) is 3.89. The first-order valence-electron chi connectivity index (χ1n) is 7.42. The number of sulfonamides is 1. The van der Waals surface area contributed by atoms with Gasteiger partial charge in [-0.1, -0.05) is 6.07 Å². The van der Waals surface area contributed by atoms with Gasteiger partial charge in [0, 0.05) is 40.0 Å². The molecule has 2 aliphatic heterocycles. The normalized spacial score (nSPS) is 18.4. The molecule has 0 atom stereocenters. The Bertz CT molecular complexity index is 769. The Morgan fingerprint density at radius 1 is 1.13 bits per heavy atom. The van der Waals surface area contributed by atoms with Crippen LogP contribution in [0.3, 0.4) is 0 Å². The van der Waals surface area contributed by atoms with E-state index >= 15 is 0 Å². The number of rotatable bonds is 3. The first-order chi connectivity index (χ1) is 10.8. The number of nitrogens with one attached hydrogen (secondary N) is 1. The van der Waals surface area contributed by atoms with Crippen LogP contribution in [0.4, 0.5) is 0 Å². The molecule has 1 aromatic carbocycles. The number of nitrogens with zero attached hydrogens (tertiary/aromatic N) is 2. The average molecular weight is 337 g/mol. The third-order valence-electron chi connectivity index (χ3n) is 4.24. The van der Waals surface area contributed by atoms with E-state index in [1.54, 1.807) is 23.1 Å². The maximum absolute atomic E-state index is 12.6. The number of fused-ring (bicyclic) bond motifs is 1. The van der Waals surface area contributed by atoms with E-state index in [0.717, 1.165) is 11.1 Å². The van der Waals surface area contributed by atoms with Crippen molar-refractivity contribution in [3.8, 4) is 0 Å². The molecule has 23 heavy (non-hydrogen) atoms. The van der Waals surface area contributed by atoms with E-state index in [1.807, 2.05) is 0 Å². The van der Waals surface area contributed by atoms with Crippen LogP contribution in [0.15, 0.2) is 23.1 Å². The van der Waals surface area contributed by atoms with Gasteiger partial charge in [0.2, 0.25) is 21.8 Å². The molecule has 2 heterocycles. The number of hydrogen-bond donors (Lipinski definition) is 1. The van der Waals surface area contributed by atoms with Gasteiger partial charge in [-0.2, -0.15) is 4.31 Å². The highest BCUT2D eigenvalue weighted by molar-refractivity contribution is 7.89. The van der Waals surface area contributed by atoms with Crippen molar-refractivity contribution in [3.05, 3.63) is 29.3 Å². The Labute approximate surface area is 135 Å². The highest BCUT2D eigenvalue weighted by Crippen LogP contribution is 2.28. The number of amides is 2. The summed E-state index contributed by atoms with van der Waals surface area (Å²) in [6, 6.07) is 4.89. The van der Waals surface area contributed by atoms with Crippen LogP contribution in [-0.2, 0) is 32.7 Å². The molecule has 3 rings (SSSR count). The average Bonchev–Trinajstić information content (AvgIpc) is 2.85. The maximum Gasteiger partial charge on any atom is 0.243 e. The van der Waals surface area contributed by atoms with Crippen LogP contribution < -0.4 is 5.32 Å². The van der Waals surface area contributed by atoms with Crippen molar-refractivity contribution in [1.82, 2.24) is 14.5 Å². The van der Waals surface area contributed by atoms with Crippen LogP contribution >= 0.6 is 0 Å². The summed E-state index contributed by atoms with van der Waals surface area (Å²) in [6.07, 6.45) is 0. The molecule has 7 nitrogen and oxygen atoms in total. The van der Waals surface area contributed by atoms with E-state index in [-0.39, 0.29) is 22.8 Å². The quantitative estimate of drug-likeness (QED) is 0.845. The fourth-order valence-electron chi connectivity index (χ4n) is 2.92. The molecule has 1 aromatic rings. The van der Waals surface area contributed by atoms with Crippen LogP contribution in [0, 0.1) is 0 Å². The van der Waals surface area contributed by atoms with Gasteiger partial charge in [-0.3, -0.25) is 9.59 Å². The van der Waals surface area contributed by atoms with Gasteiger partial charge in [0.15, 0.2) is 0 Å². The molecule has 0 unspecified atom stereocenters. The molecule has 124 valence electrons. The zero-order chi connectivity index (χ0) is 16.8. The molecule has 0 aromatic heterocycles. The van der Waals surface area contributed by atoms with Crippen molar-refractivity contribution in [2.75, 3.05) is 13.1 Å². The predicted molar refractivity (Wildman–Crippen MR) is 82.7 cm³/mol. The minimum Gasteiger partial charge on any atom is -0.351 e. The molecular formula is C15H19N3O4S. The van der Waals surface area contributed by atoms with Crippen molar-refractivity contribution in [3.63, 3.8) is 0 Å². The lowest BCUT2D eigenvalue weighted by Gasteiger charge is -2.38. The third-order valence-corrected chi connectivity index (χ3v) is 6.07. The van der Waals surface area contributed by atoms with Crippen LogP contribution in [0.5, 0.6) is 0 Å². The van der Waals surface area contributed by atoms with E-state index in [9.17, 15) is 18.0 Å². The minimum atomic E-state index is -3.55. The van der Waals surface area contributed by atoms with E-state index < -0.39 is 10.0 Å². The van der Waals surface area contributed by atoms with E-state index in [0.29, 0.717) is 26.2 Å². The van der Waals surface area contributed by atoms with Crippen molar-refractivity contribution < 1.29 is 18.0 Å². The zero-order valence-electron chi connectivity index (χ0n) is 13.1. The van der Waals surface area contributed by atoms with Gasteiger partial charge < -0.3 is 10.2 Å². The van der Waals surface area contributed by atoms with Crippen LogP contribution in [0.25, 0.3) is 0 Å². The third kappa shape index (κ3) is 2.96. The summed E-state index contributed by atoms with van der Waals surface area (Å²) in [5, 5.41) is 2.70. The minimum absolute atomic E-state index is 0.0218. The summed E-state index contributed by atoms with van der Waals surface area (Å²) in [5.41, 5.74) is 1.86. The summed E-state index contributed by atoms with van der Waals surface area (Å²) < 4.78 is 26.5. The fourth-order valence-corrected chi connectivity index (χ4v) is 4.50. The standard InChI is InChI=1S/C15H19N3O4S/c1-10(19)16-14-8-18(9-14)23(21,22)15-4-3-12-6-17(11(2)20)7-13(12)5-15/h3-5,14H,6-9H2,1-2H3,(H,16,19). The Balaban J connectivity index is 1.75. The monoisotopic (exact) mass is 337 g/mol. The molecule has 8 heteroatoms. The molecule has 1 saturated heterocycles. The second kappa shape index (κ2) is 5.61. The van der Waals surface area contributed by atoms with Gasteiger partial charge >= 0.3 is 0 Å². The van der Waals surface area contributed by atoms with Gasteiger partial charge in [-0.15, -0.1) is 0 Å². The molecule has 2 aliphatic rings. The summed E-state index contributed by atoms with van der Waals surface area (Å²) in [5.74, 6) is -0.180. The zero-order valence-corrected chi connectivity index (χ0v) is 13.9. The molecule has 1 fully saturated rings. The summed E-state index contributed by atoms with van der Waals surface area (Å²) in [6.45, 7) is 4.48. The lowest BCUT2D eigenvalue weighted by Crippen LogP contribution is -2.60. The second-order valence-electron chi connectivity index (χ2n) is 6.03. The van der Waals surface area contributed by atoms with Crippen molar-refractivity contribution in [2.45, 2.75) is 37.9 Å². The van der Waals surface area contributed by atoms with Gasteiger partial charge in [0.05, 0.1) is 10.9 Å². The maximum atomic E-state index is 12.6. The first-order valence-corrected chi connectivity index (χ1v) is 8.86. The fraction of sp³-hybridized carbons (Fsp3) is 0.467. The molecule has 0 bridgehead atoms. The lowest BCUT2D eigenvalue weighted by molar-refractivity contribution is -0.129. The molecule has 0 radical (unpaired) electrons. The summed E-state index contributed by atoms with van der Waals surface area (Å²) in [7, 11) is -3.55. The lowest BCUT2D eigenvalue weighted by atomic mass is 10.1. The number of benzene rings is 1. The van der Waals surface area contributed by atoms with Crippen molar-refractivity contribution in [2.24, 2.45) is 0 Å². The van der Waals surface area contributed by atoms with Crippen LogP contribution in [0.1, 0.15) is 25.0 Å². The van der Waals surface area contributed by atoms with Gasteiger partial charge in [0.25, 0.3) is 0 Å². The highest BCUT2D eigenvalue weighted by atomic mass is 32.2. The van der Waals surface area contributed by atoms with Crippen LogP contribution in [0.2, 0.25) is 0 Å². The largest absolute Gasteiger partial charge is 0.351 e. The number of hydrogen-bond acceptors (Lipinski definition) is 4. The van der Waals surface area contributed by atoms with E-state index in [2.05, 4.69) is 5.32 Å². The number of carbonyl (C=O) groups is 2. The first kappa shape index (κ1) is 15.9. The SMILES string of the molecule is CC(=O)NC1CN(S(=O)(=O)c2ccc3c(c2)CN(C(C)=O)C3)C1. The Morgan fingerprint density at radius 3 is 2.39 bits per heavy atom. The summed E-state index contributed by atoms with van der Waals surface area (Å²) >= 11 is 0. The molecule has 0 spiro atoms. The highest BCUT2D eigenvalue weighted by Gasteiger charge is 2.37. The number of carbonyl (C=O) groups excluding carboxylic acids is 2. The predicted octanol–water partition coefficient (Wildman–Crippen LogP) is 0.0577. The molecule has 0 aliphatic carbocycles. The van der Waals surface area contributed by atoms with Gasteiger partial charge in [-0.05, 0) is 23.3 Å². The van der Waals surface area contributed by atoms with E-state index in [1.165, 1.54) is 18.2 Å². The van der Waals surface area contributed by atoms with E-state index in [4.69, 9.17) is 0 Å². The van der Waals surface area contributed by atoms with Gasteiger partial charge in [-0.25, -0.2) is 8.42 Å². The molecule has 0 saturated carbocycles. The molecule has 1 N–H and O–H groups in total. The van der Waals surface area contributed by atoms with Crippen molar-refractivity contribution in [1.29, 1.82) is 0 Å². The Hall–Kier alpha value is -1.93. The van der Waals surface area contributed by atoms with Crippen molar-refractivity contribution >= 4 is 21.8 Å². The van der Waals surface area contributed by atoms with Crippen LogP contribution in [-0.4, -0.2) is 48.6 Å². The molecular weight excluding hydrogens is 318 g/mol. The smallest absolute Gasteiger partial charge is 0.243 e. The molecule has 2 amide bonds. The van der Waals surface area contributed by atoms with Gasteiger partial charge in [0.1, 0.15) is 0 Å².